The Morgan fingerprint density at radius 3 is 2.45 bits per heavy atom. The molecule has 2 aliphatic heterocycles. The average molecular weight is 610 g/mol. The van der Waals surface area contributed by atoms with Crippen LogP contribution in [0.4, 0.5) is 30.6 Å². The maximum absolute atomic E-state index is 13.7. The Labute approximate surface area is 241 Å². The summed E-state index contributed by atoms with van der Waals surface area (Å²) >= 11 is 0. The number of rotatable bonds is 8. The molecule has 11 nitrogen and oxygen atoms in total. The molecule has 3 aromatic rings. The molecule has 228 valence electrons. The quantitative estimate of drug-likeness (QED) is 0.345. The minimum absolute atomic E-state index is 0.0281. The number of alkyl halides is 3. The Bertz CT molecular complexity index is 1530. The van der Waals surface area contributed by atoms with Gasteiger partial charge in [-0.2, -0.15) is 27.4 Å². The Morgan fingerprint density at radius 2 is 1.81 bits per heavy atom. The van der Waals surface area contributed by atoms with Gasteiger partial charge >= 0.3 is 6.18 Å². The van der Waals surface area contributed by atoms with Crippen LogP contribution in [0.15, 0.2) is 29.3 Å². The molecule has 0 spiro atoms. The number of sulfonamides is 1. The van der Waals surface area contributed by atoms with Gasteiger partial charge in [0.1, 0.15) is 17.2 Å². The largest absolute Gasteiger partial charge is 0.495 e. The highest BCUT2D eigenvalue weighted by molar-refractivity contribution is 7.89. The monoisotopic (exact) mass is 609 g/mol. The van der Waals surface area contributed by atoms with E-state index in [1.54, 1.807) is 6.07 Å². The van der Waals surface area contributed by atoms with Crippen molar-refractivity contribution in [2.75, 3.05) is 57.1 Å². The molecule has 0 radical (unpaired) electrons. The lowest BCUT2D eigenvalue weighted by Gasteiger charge is -2.39. The van der Waals surface area contributed by atoms with Crippen LogP contribution in [-0.4, -0.2) is 91.2 Å². The van der Waals surface area contributed by atoms with Crippen LogP contribution in [-0.2, 0) is 20.9 Å². The molecule has 0 atom stereocenters. The van der Waals surface area contributed by atoms with E-state index in [9.17, 15) is 21.6 Å². The van der Waals surface area contributed by atoms with Crippen LogP contribution in [0.5, 0.6) is 5.75 Å². The maximum atomic E-state index is 13.7. The number of nitrogens with one attached hydrogen (secondary N) is 3. The summed E-state index contributed by atoms with van der Waals surface area (Å²) in [6.07, 6.45) is 0.496. The summed E-state index contributed by atoms with van der Waals surface area (Å²) in [5, 5.41) is 6.01. The van der Waals surface area contributed by atoms with Crippen LogP contribution in [0.3, 0.4) is 0 Å². The van der Waals surface area contributed by atoms with Gasteiger partial charge in [-0.15, -0.1) is 0 Å². The Morgan fingerprint density at radius 1 is 1.07 bits per heavy atom. The van der Waals surface area contributed by atoms with Gasteiger partial charge < -0.3 is 25.1 Å². The zero-order chi connectivity index (χ0) is 29.5. The Hall–Kier alpha value is -3.14. The zero-order valence-corrected chi connectivity index (χ0v) is 24.0. The van der Waals surface area contributed by atoms with Crippen molar-refractivity contribution in [1.82, 2.24) is 24.2 Å². The second kappa shape index (κ2) is 11.5. The van der Waals surface area contributed by atoms with Crippen LogP contribution in [0, 0.1) is 0 Å². The first-order chi connectivity index (χ1) is 20.1. The molecule has 0 bridgehead atoms. The molecule has 6 rings (SSSR count). The molecule has 15 heteroatoms. The second-order valence-corrected chi connectivity index (χ2v) is 12.8. The molecule has 0 amide bonds. The first kappa shape index (κ1) is 29.0. The maximum Gasteiger partial charge on any atom is 0.418 e. The molecule has 4 heterocycles. The van der Waals surface area contributed by atoms with Gasteiger partial charge in [-0.3, -0.25) is 4.90 Å². The van der Waals surface area contributed by atoms with Crippen LogP contribution in [0.2, 0.25) is 0 Å². The summed E-state index contributed by atoms with van der Waals surface area (Å²) in [5.41, 5.74) is -0.439. The topological polar surface area (TPSA) is 125 Å². The number of halogens is 3. The van der Waals surface area contributed by atoms with Crippen molar-refractivity contribution >= 4 is 38.5 Å². The minimum Gasteiger partial charge on any atom is -0.495 e. The standard InChI is InChI=1S/C27H34F3N7O4S/c1-40-22-15-19(42(38,39)37-9-7-18(8-10-37)36-11-13-41-14-12-36)5-6-21(22)33-26-34-24-23(20(16-31-24)27(28,29)30)25(35-26)32-17-3-2-4-17/h5-6,15-18H,2-4,7-14H2,1H3,(H3,31,32,33,34,35). The third kappa shape index (κ3) is 5.74. The number of nitrogens with zero attached hydrogens (tertiary/aromatic N) is 4. The van der Waals surface area contributed by atoms with Gasteiger partial charge in [0.2, 0.25) is 16.0 Å². The number of benzene rings is 1. The Kier molecular flexibility index (Phi) is 7.93. The molecular weight excluding hydrogens is 575 g/mol. The molecule has 3 aliphatic rings. The zero-order valence-electron chi connectivity index (χ0n) is 23.2. The summed E-state index contributed by atoms with van der Waals surface area (Å²) in [4.78, 5) is 13.7. The molecule has 2 aromatic heterocycles. The smallest absolute Gasteiger partial charge is 0.418 e. The van der Waals surface area contributed by atoms with Gasteiger partial charge in [-0.1, -0.05) is 0 Å². The van der Waals surface area contributed by atoms with Gasteiger partial charge in [0.05, 0.1) is 41.9 Å². The molecule has 1 aliphatic carbocycles. The number of fused-ring (bicyclic) bond motifs is 1. The molecule has 2 saturated heterocycles. The third-order valence-corrected chi connectivity index (χ3v) is 10.2. The summed E-state index contributed by atoms with van der Waals surface area (Å²) < 4.78 is 80.5. The lowest BCUT2D eigenvalue weighted by molar-refractivity contribution is -0.136. The number of methoxy groups -OCH3 is 1. The van der Waals surface area contributed by atoms with Gasteiger partial charge in [0.25, 0.3) is 0 Å². The average Bonchev–Trinajstić information content (AvgIpc) is 3.41. The van der Waals surface area contributed by atoms with Crippen molar-refractivity contribution in [3.05, 3.63) is 30.0 Å². The number of morpholine rings is 1. The van der Waals surface area contributed by atoms with Crippen molar-refractivity contribution in [3.63, 3.8) is 0 Å². The lowest BCUT2D eigenvalue weighted by atomic mass is 9.93. The molecule has 3 N–H and O–H groups in total. The highest BCUT2D eigenvalue weighted by Crippen LogP contribution is 2.39. The van der Waals surface area contributed by atoms with E-state index >= 15 is 0 Å². The van der Waals surface area contributed by atoms with E-state index in [1.165, 1.54) is 23.5 Å². The summed E-state index contributed by atoms with van der Waals surface area (Å²) in [6.45, 7) is 3.99. The van der Waals surface area contributed by atoms with E-state index in [4.69, 9.17) is 9.47 Å². The van der Waals surface area contributed by atoms with Crippen LogP contribution in [0.1, 0.15) is 37.7 Å². The van der Waals surface area contributed by atoms with E-state index in [0.717, 1.165) is 51.4 Å². The number of ether oxygens (including phenoxy) is 2. The van der Waals surface area contributed by atoms with E-state index in [1.807, 2.05) is 0 Å². The van der Waals surface area contributed by atoms with Crippen LogP contribution in [0.25, 0.3) is 11.0 Å². The van der Waals surface area contributed by atoms with Crippen molar-refractivity contribution in [2.24, 2.45) is 0 Å². The van der Waals surface area contributed by atoms with Crippen LogP contribution >= 0.6 is 0 Å². The molecule has 3 fully saturated rings. The van der Waals surface area contributed by atoms with E-state index in [0.29, 0.717) is 38.0 Å². The van der Waals surface area contributed by atoms with Gasteiger partial charge in [0.15, 0.2) is 0 Å². The molecule has 1 saturated carbocycles. The summed E-state index contributed by atoms with van der Waals surface area (Å²) in [6, 6.07) is 4.85. The number of aromatic amines is 1. The molecular formula is C27H34F3N7O4S. The number of aromatic nitrogens is 3. The van der Waals surface area contributed by atoms with Gasteiger partial charge in [-0.25, -0.2) is 8.42 Å². The van der Waals surface area contributed by atoms with Gasteiger partial charge in [0, 0.05) is 50.5 Å². The SMILES string of the molecule is COc1cc(S(=O)(=O)N2CCC(N3CCOCC3)CC2)ccc1Nc1nc(NC2CCC2)c2c(C(F)(F)F)c[nH]c2n1. The van der Waals surface area contributed by atoms with Crippen molar-refractivity contribution in [2.45, 2.75) is 55.3 Å². The van der Waals surface area contributed by atoms with Crippen molar-refractivity contribution in [1.29, 1.82) is 0 Å². The highest BCUT2D eigenvalue weighted by atomic mass is 32.2. The number of piperidine rings is 1. The first-order valence-corrected chi connectivity index (χ1v) is 15.6. The highest BCUT2D eigenvalue weighted by Gasteiger charge is 2.36. The minimum atomic E-state index is -4.57. The van der Waals surface area contributed by atoms with Gasteiger partial charge in [-0.05, 0) is 44.2 Å². The van der Waals surface area contributed by atoms with E-state index in [2.05, 4.69) is 30.5 Å². The molecule has 1 aromatic carbocycles. The number of hydrogen-bond acceptors (Lipinski definition) is 9. The first-order valence-electron chi connectivity index (χ1n) is 14.1. The fourth-order valence-electron chi connectivity index (χ4n) is 5.76. The summed E-state index contributed by atoms with van der Waals surface area (Å²) in [5.74, 6) is 0.359. The fraction of sp³-hybridized carbons (Fsp3) is 0.556. The predicted octanol–water partition coefficient (Wildman–Crippen LogP) is 4.18. The Balaban J connectivity index is 1.22. The number of H-pyrrole nitrogens is 1. The molecule has 42 heavy (non-hydrogen) atoms. The number of hydrogen-bond donors (Lipinski definition) is 3. The summed E-state index contributed by atoms with van der Waals surface area (Å²) in [7, 11) is -2.35. The fourth-order valence-corrected chi connectivity index (χ4v) is 7.24. The van der Waals surface area contributed by atoms with E-state index < -0.39 is 21.8 Å². The number of anilines is 3. The normalized spacial score (nSPS) is 20.0. The predicted molar refractivity (Wildman–Crippen MR) is 151 cm³/mol. The lowest BCUT2D eigenvalue weighted by Crippen LogP contribution is -2.50. The molecule has 0 unspecified atom stereocenters. The third-order valence-electron chi connectivity index (χ3n) is 8.33. The van der Waals surface area contributed by atoms with Crippen molar-refractivity contribution in [3.8, 4) is 5.75 Å². The van der Waals surface area contributed by atoms with E-state index in [-0.39, 0.29) is 39.5 Å². The second-order valence-electron chi connectivity index (χ2n) is 10.9. The van der Waals surface area contributed by atoms with Crippen LogP contribution < -0.4 is 15.4 Å². The van der Waals surface area contributed by atoms with Crippen molar-refractivity contribution < 1.29 is 31.1 Å².